The van der Waals surface area contributed by atoms with Crippen molar-refractivity contribution in [2.75, 3.05) is 29.9 Å². The van der Waals surface area contributed by atoms with Crippen molar-refractivity contribution < 1.29 is 9.90 Å². The Morgan fingerprint density at radius 1 is 1.30 bits per heavy atom. The predicted octanol–water partition coefficient (Wildman–Crippen LogP) is 2.92. The number of hydrogen-bond donors (Lipinski definition) is 2. The third kappa shape index (κ3) is 4.69. The van der Waals surface area contributed by atoms with E-state index in [9.17, 15) is 9.90 Å². The van der Waals surface area contributed by atoms with Gasteiger partial charge in [-0.1, -0.05) is 48.3 Å². The Kier molecular flexibility index (Phi) is 5.88. The van der Waals surface area contributed by atoms with Crippen molar-refractivity contribution >= 4 is 41.4 Å². The molecule has 6 nitrogen and oxygen atoms in total. The largest absolute Gasteiger partial charge is 0.391 e. The molecule has 0 aliphatic carbocycles. The second kappa shape index (κ2) is 8.00. The Bertz CT molecular complexity index is 788. The zero-order valence-electron chi connectivity index (χ0n) is 16.4. The number of urea groups is 1. The van der Waals surface area contributed by atoms with Gasteiger partial charge in [0, 0.05) is 37.6 Å². The number of hydrogen-bond acceptors (Lipinski definition) is 5. The fourth-order valence-corrected chi connectivity index (χ4v) is 5.17. The van der Waals surface area contributed by atoms with Gasteiger partial charge in [-0.05, 0) is 19.1 Å². The molecule has 0 bridgehead atoms. The minimum absolute atomic E-state index is 0.0199. The summed E-state index contributed by atoms with van der Waals surface area (Å²) in [6, 6.07) is 8.28. The zero-order valence-corrected chi connectivity index (χ0v) is 18.2. The average molecular weight is 405 g/mol. The van der Waals surface area contributed by atoms with Crippen LogP contribution in [0, 0.1) is 0 Å². The summed E-state index contributed by atoms with van der Waals surface area (Å²) in [5, 5.41) is 14.5. The van der Waals surface area contributed by atoms with Gasteiger partial charge < -0.3 is 20.2 Å². The van der Waals surface area contributed by atoms with Crippen LogP contribution in [0.5, 0.6) is 0 Å². The number of carbonyl (C=O) groups excluding carboxylic acids is 1. The van der Waals surface area contributed by atoms with E-state index in [-0.39, 0.29) is 18.7 Å². The van der Waals surface area contributed by atoms with Gasteiger partial charge >= 0.3 is 6.03 Å². The lowest BCUT2D eigenvalue weighted by Crippen LogP contribution is -2.55. The van der Waals surface area contributed by atoms with E-state index >= 15 is 0 Å². The number of rotatable bonds is 4. The van der Waals surface area contributed by atoms with Crippen molar-refractivity contribution in [1.29, 1.82) is 0 Å². The number of aliphatic hydroxyl groups is 1. The van der Waals surface area contributed by atoms with Gasteiger partial charge in [0.05, 0.1) is 19.6 Å². The molecule has 2 heterocycles. The number of thiazole rings is 1. The lowest BCUT2D eigenvalue weighted by Gasteiger charge is -2.39. The molecular formula is C19H28N4O2SSi. The van der Waals surface area contributed by atoms with Crippen molar-refractivity contribution in [1.82, 2.24) is 9.88 Å². The van der Waals surface area contributed by atoms with Gasteiger partial charge in [0.15, 0.2) is 5.13 Å². The number of carbonyl (C=O) groups is 1. The van der Waals surface area contributed by atoms with E-state index in [1.54, 1.807) is 6.20 Å². The molecule has 1 aromatic carbocycles. The first-order valence-electron chi connectivity index (χ1n) is 9.26. The highest BCUT2D eigenvalue weighted by Gasteiger charge is 2.29. The van der Waals surface area contributed by atoms with E-state index in [0.29, 0.717) is 6.54 Å². The molecule has 3 rings (SSSR count). The van der Waals surface area contributed by atoms with Crippen LogP contribution in [0.1, 0.15) is 11.8 Å². The molecule has 2 amide bonds. The molecule has 0 spiro atoms. The van der Waals surface area contributed by atoms with Crippen LogP contribution >= 0.6 is 11.3 Å². The lowest BCUT2D eigenvalue weighted by atomic mass is 10.2. The maximum absolute atomic E-state index is 12.7. The van der Waals surface area contributed by atoms with Crippen LogP contribution < -0.4 is 15.4 Å². The molecule has 2 aromatic rings. The molecule has 1 aliphatic rings. The third-order valence-corrected chi connectivity index (χ3v) is 7.97. The molecule has 8 heteroatoms. The van der Waals surface area contributed by atoms with Gasteiger partial charge in [-0.3, -0.25) is 0 Å². The highest BCUT2D eigenvalue weighted by molar-refractivity contribution is 7.15. The maximum Gasteiger partial charge on any atom is 0.322 e. The molecule has 146 valence electrons. The Morgan fingerprint density at radius 2 is 2.00 bits per heavy atom. The second-order valence-electron chi connectivity index (χ2n) is 8.01. The summed E-state index contributed by atoms with van der Waals surface area (Å²) in [7, 11) is -1.33. The number of amides is 2. The van der Waals surface area contributed by atoms with Crippen LogP contribution in [0.4, 0.5) is 15.6 Å². The summed E-state index contributed by atoms with van der Waals surface area (Å²) < 4.78 is 0. The quantitative estimate of drug-likeness (QED) is 0.769. The van der Waals surface area contributed by atoms with Crippen molar-refractivity contribution in [3.8, 4) is 0 Å². The highest BCUT2D eigenvalue weighted by Crippen LogP contribution is 2.25. The molecule has 1 aromatic heterocycles. The molecule has 1 saturated heterocycles. The number of benzene rings is 1. The van der Waals surface area contributed by atoms with Crippen LogP contribution in [0.25, 0.3) is 0 Å². The number of piperazine rings is 1. The van der Waals surface area contributed by atoms with E-state index in [1.807, 2.05) is 17.0 Å². The SMILES string of the molecule is C[C@@H]1CN(c2ncc(CO)s2)CCN1C(=O)Nc1ccc([Si](C)(C)C)cc1. The summed E-state index contributed by atoms with van der Waals surface area (Å²) in [5.74, 6) is 0. The zero-order chi connectivity index (χ0) is 19.6. The molecule has 2 N–H and O–H groups in total. The summed E-state index contributed by atoms with van der Waals surface area (Å²) in [5.41, 5.74) is 0.837. The third-order valence-electron chi connectivity index (χ3n) is 4.86. The number of anilines is 2. The van der Waals surface area contributed by atoms with E-state index < -0.39 is 8.07 Å². The Hall–Kier alpha value is -1.90. The van der Waals surface area contributed by atoms with Gasteiger partial charge in [-0.25, -0.2) is 9.78 Å². The molecular weight excluding hydrogens is 376 g/mol. The summed E-state index contributed by atoms with van der Waals surface area (Å²) in [6.07, 6.45) is 1.72. The maximum atomic E-state index is 12.7. The van der Waals surface area contributed by atoms with Crippen molar-refractivity contribution in [3.63, 3.8) is 0 Å². The topological polar surface area (TPSA) is 68.7 Å². The minimum Gasteiger partial charge on any atom is -0.391 e. The standard InChI is InChI=1S/C19H28N4O2SSi/c1-14-12-22(19-20-11-16(13-24)26-19)9-10-23(14)18(25)21-15-5-7-17(8-6-15)27(2,3)4/h5-8,11,14,24H,9-10,12-13H2,1-4H3,(H,21,25)/t14-/m1/s1. The summed E-state index contributed by atoms with van der Waals surface area (Å²) in [4.78, 5) is 22.0. The van der Waals surface area contributed by atoms with E-state index in [2.05, 4.69) is 53.9 Å². The number of aliphatic hydroxyl groups excluding tert-OH is 1. The Labute approximate surface area is 165 Å². The normalized spacial score (nSPS) is 17.9. The van der Waals surface area contributed by atoms with Crippen molar-refractivity contribution in [2.24, 2.45) is 0 Å². The number of nitrogens with zero attached hydrogens (tertiary/aromatic N) is 3. The lowest BCUT2D eigenvalue weighted by molar-refractivity contribution is 0.185. The number of aromatic nitrogens is 1. The summed E-state index contributed by atoms with van der Waals surface area (Å²) >= 11 is 1.51. The van der Waals surface area contributed by atoms with Crippen LogP contribution in [0.3, 0.4) is 0 Å². The smallest absolute Gasteiger partial charge is 0.322 e. The predicted molar refractivity (Wildman–Crippen MR) is 115 cm³/mol. The fraction of sp³-hybridized carbons (Fsp3) is 0.474. The van der Waals surface area contributed by atoms with Gasteiger partial charge in [0.2, 0.25) is 0 Å². The highest BCUT2D eigenvalue weighted by atomic mass is 32.1. The van der Waals surface area contributed by atoms with Gasteiger partial charge in [-0.15, -0.1) is 0 Å². The molecule has 1 aliphatic heterocycles. The van der Waals surface area contributed by atoms with Crippen molar-refractivity contribution in [3.05, 3.63) is 35.3 Å². The van der Waals surface area contributed by atoms with Crippen molar-refractivity contribution in [2.45, 2.75) is 39.2 Å². The first-order valence-corrected chi connectivity index (χ1v) is 13.6. The molecule has 0 unspecified atom stereocenters. The van der Waals surface area contributed by atoms with E-state index in [4.69, 9.17) is 0 Å². The first kappa shape index (κ1) is 19.8. The van der Waals surface area contributed by atoms with E-state index in [1.165, 1.54) is 16.5 Å². The first-order chi connectivity index (χ1) is 12.8. The monoisotopic (exact) mass is 404 g/mol. The Morgan fingerprint density at radius 3 is 2.56 bits per heavy atom. The van der Waals surface area contributed by atoms with Crippen LogP contribution in [-0.2, 0) is 6.61 Å². The molecule has 27 heavy (non-hydrogen) atoms. The van der Waals surface area contributed by atoms with Gasteiger partial charge in [0.25, 0.3) is 0 Å². The Balaban J connectivity index is 1.59. The van der Waals surface area contributed by atoms with E-state index in [0.717, 1.165) is 28.8 Å². The summed E-state index contributed by atoms with van der Waals surface area (Å²) in [6.45, 7) is 11.1. The van der Waals surface area contributed by atoms with Crippen LogP contribution in [0.2, 0.25) is 19.6 Å². The average Bonchev–Trinajstić information content (AvgIpc) is 3.10. The fourth-order valence-electron chi connectivity index (χ4n) is 3.20. The number of nitrogens with one attached hydrogen (secondary N) is 1. The molecule has 1 fully saturated rings. The minimum atomic E-state index is -1.33. The molecule has 0 radical (unpaired) electrons. The van der Waals surface area contributed by atoms with Gasteiger partial charge in [-0.2, -0.15) is 0 Å². The van der Waals surface area contributed by atoms with Gasteiger partial charge in [0.1, 0.15) is 0 Å². The van der Waals surface area contributed by atoms with Crippen LogP contribution in [0.15, 0.2) is 30.5 Å². The molecule has 0 saturated carbocycles. The molecule has 1 atom stereocenters. The second-order valence-corrected chi connectivity index (χ2v) is 14.2. The van der Waals surface area contributed by atoms with Crippen LogP contribution in [-0.4, -0.2) is 54.8 Å².